The SMILES string of the molecule is CCCCCC1(C(=O)OCC(C)C)CCCC1OC(=O)c1ccccc1. The average Bonchev–Trinajstić information content (AvgIpc) is 3.04. The molecule has 1 aliphatic rings. The van der Waals surface area contributed by atoms with Crippen LogP contribution in [-0.2, 0) is 14.3 Å². The number of ether oxygens (including phenoxy) is 2. The van der Waals surface area contributed by atoms with Gasteiger partial charge >= 0.3 is 11.9 Å². The van der Waals surface area contributed by atoms with Crippen LogP contribution in [0.1, 0.15) is 76.1 Å². The molecule has 0 aliphatic heterocycles. The smallest absolute Gasteiger partial charge is 0.338 e. The summed E-state index contributed by atoms with van der Waals surface area (Å²) in [4.78, 5) is 25.5. The molecule has 4 heteroatoms. The van der Waals surface area contributed by atoms with E-state index < -0.39 is 11.5 Å². The highest BCUT2D eigenvalue weighted by molar-refractivity contribution is 5.90. The molecule has 2 atom stereocenters. The first kappa shape index (κ1) is 20.5. The molecule has 0 spiro atoms. The summed E-state index contributed by atoms with van der Waals surface area (Å²) in [6.45, 7) is 6.61. The second kappa shape index (κ2) is 9.75. The molecule has 2 unspecified atom stereocenters. The Morgan fingerprint density at radius 3 is 2.58 bits per heavy atom. The topological polar surface area (TPSA) is 52.6 Å². The van der Waals surface area contributed by atoms with Crippen molar-refractivity contribution >= 4 is 11.9 Å². The number of rotatable bonds is 9. The van der Waals surface area contributed by atoms with Crippen molar-refractivity contribution < 1.29 is 19.1 Å². The van der Waals surface area contributed by atoms with Gasteiger partial charge in [-0.1, -0.05) is 58.2 Å². The summed E-state index contributed by atoms with van der Waals surface area (Å²) in [5.74, 6) is -0.252. The molecule has 2 rings (SSSR count). The Kier molecular flexibility index (Phi) is 7.67. The van der Waals surface area contributed by atoms with Crippen molar-refractivity contribution in [2.24, 2.45) is 11.3 Å². The van der Waals surface area contributed by atoms with Crippen LogP contribution in [0.25, 0.3) is 0 Å². The van der Waals surface area contributed by atoms with E-state index in [1.807, 2.05) is 32.0 Å². The molecule has 1 fully saturated rings. The van der Waals surface area contributed by atoms with E-state index in [4.69, 9.17) is 9.47 Å². The van der Waals surface area contributed by atoms with Crippen molar-refractivity contribution in [1.82, 2.24) is 0 Å². The monoisotopic (exact) mass is 360 g/mol. The fraction of sp³-hybridized carbons (Fsp3) is 0.636. The van der Waals surface area contributed by atoms with Crippen LogP contribution in [0, 0.1) is 11.3 Å². The van der Waals surface area contributed by atoms with Crippen LogP contribution >= 0.6 is 0 Å². The van der Waals surface area contributed by atoms with Gasteiger partial charge in [0.15, 0.2) is 0 Å². The predicted octanol–water partition coefficient (Wildman–Crippen LogP) is 5.16. The molecule has 144 valence electrons. The number of carbonyl (C=O) groups excluding carboxylic acids is 2. The highest BCUT2D eigenvalue weighted by atomic mass is 16.6. The van der Waals surface area contributed by atoms with Gasteiger partial charge in [0.25, 0.3) is 0 Å². The summed E-state index contributed by atoms with van der Waals surface area (Å²) in [5.41, 5.74) is -0.161. The van der Waals surface area contributed by atoms with Gasteiger partial charge in [-0.25, -0.2) is 4.79 Å². The summed E-state index contributed by atoms with van der Waals surface area (Å²) in [7, 11) is 0. The molecule has 1 aliphatic carbocycles. The fourth-order valence-electron chi connectivity index (χ4n) is 3.68. The molecule has 1 saturated carbocycles. The molecule has 0 heterocycles. The first-order valence-electron chi connectivity index (χ1n) is 9.93. The number of carbonyl (C=O) groups is 2. The molecule has 1 aromatic rings. The van der Waals surface area contributed by atoms with Crippen LogP contribution in [0.5, 0.6) is 0 Å². The van der Waals surface area contributed by atoms with E-state index in [2.05, 4.69) is 6.92 Å². The minimum absolute atomic E-state index is 0.189. The van der Waals surface area contributed by atoms with Crippen molar-refractivity contribution in [3.05, 3.63) is 35.9 Å². The van der Waals surface area contributed by atoms with Gasteiger partial charge in [-0.3, -0.25) is 4.79 Å². The van der Waals surface area contributed by atoms with Gasteiger partial charge in [-0.05, 0) is 43.7 Å². The highest BCUT2D eigenvalue weighted by Gasteiger charge is 2.52. The Labute approximate surface area is 157 Å². The first-order valence-corrected chi connectivity index (χ1v) is 9.93. The third-order valence-electron chi connectivity index (χ3n) is 5.15. The van der Waals surface area contributed by atoms with Crippen molar-refractivity contribution in [2.75, 3.05) is 6.61 Å². The van der Waals surface area contributed by atoms with Crippen LogP contribution in [0.15, 0.2) is 30.3 Å². The number of hydrogen-bond donors (Lipinski definition) is 0. The maximum absolute atomic E-state index is 13.0. The van der Waals surface area contributed by atoms with Gasteiger partial charge in [0, 0.05) is 0 Å². The normalized spacial score (nSPS) is 22.4. The number of unbranched alkanes of at least 4 members (excludes halogenated alkanes) is 2. The molecule has 1 aromatic carbocycles. The number of esters is 2. The van der Waals surface area contributed by atoms with E-state index in [1.165, 1.54) is 0 Å². The summed E-state index contributed by atoms with van der Waals surface area (Å²) in [6, 6.07) is 8.98. The second-order valence-electron chi connectivity index (χ2n) is 7.76. The summed E-state index contributed by atoms with van der Waals surface area (Å²) >= 11 is 0. The highest BCUT2D eigenvalue weighted by Crippen LogP contribution is 2.46. The molecule has 0 saturated heterocycles. The van der Waals surface area contributed by atoms with Crippen LogP contribution in [-0.4, -0.2) is 24.6 Å². The van der Waals surface area contributed by atoms with Gasteiger partial charge in [0.1, 0.15) is 11.5 Å². The summed E-state index contributed by atoms with van der Waals surface area (Å²) in [6.07, 6.45) is 5.78. The number of hydrogen-bond acceptors (Lipinski definition) is 4. The minimum atomic E-state index is -0.686. The fourth-order valence-corrected chi connectivity index (χ4v) is 3.68. The van der Waals surface area contributed by atoms with Crippen molar-refractivity contribution in [2.45, 2.75) is 71.8 Å². The molecule has 0 bridgehead atoms. The molecule has 0 N–H and O–H groups in total. The zero-order valence-electron chi connectivity index (χ0n) is 16.3. The van der Waals surface area contributed by atoms with Crippen LogP contribution in [0.3, 0.4) is 0 Å². The zero-order chi connectivity index (χ0) is 19.0. The van der Waals surface area contributed by atoms with E-state index >= 15 is 0 Å². The molecular weight excluding hydrogens is 328 g/mol. The third kappa shape index (κ3) is 5.09. The van der Waals surface area contributed by atoms with Gasteiger partial charge in [-0.2, -0.15) is 0 Å². The van der Waals surface area contributed by atoms with E-state index in [-0.39, 0.29) is 11.9 Å². The zero-order valence-corrected chi connectivity index (χ0v) is 16.3. The van der Waals surface area contributed by atoms with Crippen molar-refractivity contribution in [3.63, 3.8) is 0 Å². The summed E-state index contributed by atoms with van der Waals surface area (Å²) in [5, 5.41) is 0. The number of benzene rings is 1. The Morgan fingerprint density at radius 1 is 1.19 bits per heavy atom. The Morgan fingerprint density at radius 2 is 1.92 bits per heavy atom. The molecule has 0 aromatic heterocycles. The minimum Gasteiger partial charge on any atom is -0.465 e. The van der Waals surface area contributed by atoms with E-state index in [1.54, 1.807) is 12.1 Å². The maximum atomic E-state index is 13.0. The van der Waals surface area contributed by atoms with Gasteiger partial charge in [0.2, 0.25) is 0 Å². The van der Waals surface area contributed by atoms with Gasteiger partial charge < -0.3 is 9.47 Å². The Hall–Kier alpha value is -1.84. The first-order chi connectivity index (χ1) is 12.5. The molecule has 0 amide bonds. The predicted molar refractivity (Wildman–Crippen MR) is 102 cm³/mol. The van der Waals surface area contributed by atoms with Gasteiger partial charge in [-0.15, -0.1) is 0 Å². The van der Waals surface area contributed by atoms with Crippen LogP contribution < -0.4 is 0 Å². The average molecular weight is 360 g/mol. The van der Waals surface area contributed by atoms with Crippen molar-refractivity contribution in [3.8, 4) is 0 Å². The van der Waals surface area contributed by atoms with Crippen molar-refractivity contribution in [1.29, 1.82) is 0 Å². The molecule has 26 heavy (non-hydrogen) atoms. The maximum Gasteiger partial charge on any atom is 0.338 e. The van der Waals surface area contributed by atoms with E-state index in [0.29, 0.717) is 18.1 Å². The Balaban J connectivity index is 2.15. The summed E-state index contributed by atoms with van der Waals surface area (Å²) < 4.78 is 11.4. The standard InChI is InChI=1S/C22H32O4/c1-4-5-9-14-22(21(24)25-16-17(2)3)15-10-13-19(22)26-20(23)18-11-7-6-8-12-18/h6-8,11-12,17,19H,4-5,9-10,13-16H2,1-3H3. The molecular formula is C22H32O4. The molecule has 4 nitrogen and oxygen atoms in total. The lowest BCUT2D eigenvalue weighted by molar-refractivity contribution is -0.163. The van der Waals surface area contributed by atoms with E-state index in [9.17, 15) is 9.59 Å². The van der Waals surface area contributed by atoms with E-state index in [0.717, 1.165) is 44.9 Å². The third-order valence-corrected chi connectivity index (χ3v) is 5.15. The largest absolute Gasteiger partial charge is 0.465 e. The van der Waals surface area contributed by atoms with Crippen LogP contribution in [0.4, 0.5) is 0 Å². The lowest BCUT2D eigenvalue weighted by Gasteiger charge is -2.33. The second-order valence-corrected chi connectivity index (χ2v) is 7.76. The lowest BCUT2D eigenvalue weighted by Crippen LogP contribution is -2.42. The Bertz CT molecular complexity index is 581. The lowest BCUT2D eigenvalue weighted by atomic mass is 9.79. The van der Waals surface area contributed by atoms with Crippen LogP contribution in [0.2, 0.25) is 0 Å². The van der Waals surface area contributed by atoms with Gasteiger partial charge in [0.05, 0.1) is 12.2 Å². The quantitative estimate of drug-likeness (QED) is 0.451. The molecule has 0 radical (unpaired) electrons.